The van der Waals surface area contributed by atoms with Gasteiger partial charge in [-0.3, -0.25) is 13.8 Å². The molecule has 0 fully saturated rings. The molecule has 0 saturated carbocycles. The molecule has 0 amide bonds. The molecule has 8 aromatic carbocycles. The third kappa shape index (κ3) is 4.82. The second kappa shape index (κ2) is 12.3. The summed E-state index contributed by atoms with van der Waals surface area (Å²) in [5.41, 5.74) is 14.3. The van der Waals surface area contributed by atoms with E-state index in [2.05, 4.69) is 159 Å². The first-order valence-electron chi connectivity index (χ1n) is 18.7. The van der Waals surface area contributed by atoms with E-state index in [1.54, 1.807) is 0 Å². The fourth-order valence-corrected chi connectivity index (χ4v) is 8.55. The number of fused-ring (bicyclic) bond motifs is 8. The van der Waals surface area contributed by atoms with Gasteiger partial charge in [-0.1, -0.05) is 133 Å². The Bertz CT molecular complexity index is 3320. The zero-order valence-corrected chi connectivity index (χ0v) is 29.8. The van der Waals surface area contributed by atoms with E-state index < -0.39 is 0 Å². The van der Waals surface area contributed by atoms with Crippen LogP contribution in [0.5, 0.6) is 0 Å². The Morgan fingerprint density at radius 1 is 0.309 bits per heavy atom. The quantitative estimate of drug-likeness (QED) is 0.176. The molecular formula is C51H33N3O. The first-order chi connectivity index (χ1) is 27.2. The summed E-state index contributed by atoms with van der Waals surface area (Å²) in [6, 6.07) is 70.0. The van der Waals surface area contributed by atoms with Gasteiger partial charge in [0.25, 0.3) is 0 Å². The Labute approximate surface area is 317 Å². The summed E-state index contributed by atoms with van der Waals surface area (Å²) < 4.78 is 6.92. The third-order valence-corrected chi connectivity index (χ3v) is 11.0. The summed E-state index contributed by atoms with van der Waals surface area (Å²) in [5.74, 6) is 0. The number of hydrogen-bond donors (Lipinski definition) is 0. The first-order valence-corrected chi connectivity index (χ1v) is 18.7. The molecule has 0 saturated heterocycles. The predicted octanol–water partition coefficient (Wildman–Crippen LogP) is 12.5. The van der Waals surface area contributed by atoms with E-state index in [-0.39, 0.29) is 5.43 Å². The van der Waals surface area contributed by atoms with Crippen LogP contribution >= 0.6 is 0 Å². The van der Waals surface area contributed by atoms with Crippen molar-refractivity contribution in [3.05, 3.63) is 210 Å². The van der Waals surface area contributed by atoms with Crippen molar-refractivity contribution >= 4 is 49.4 Å². The molecule has 0 radical (unpaired) electrons. The molecule has 4 heteroatoms. The summed E-state index contributed by atoms with van der Waals surface area (Å²) in [6.45, 7) is 0. The number of aromatic nitrogens is 3. The van der Waals surface area contributed by atoms with Crippen molar-refractivity contribution in [2.75, 3.05) is 0 Å². The van der Waals surface area contributed by atoms with Gasteiger partial charge in [-0.05, 0) is 94.5 Å². The van der Waals surface area contributed by atoms with Gasteiger partial charge in [0.1, 0.15) is 5.65 Å². The van der Waals surface area contributed by atoms with Crippen LogP contribution in [0.1, 0.15) is 0 Å². The molecule has 3 aromatic heterocycles. The highest BCUT2D eigenvalue weighted by molar-refractivity contribution is 6.11. The molecule has 0 aliphatic heterocycles. The summed E-state index contributed by atoms with van der Waals surface area (Å²) >= 11 is 0. The van der Waals surface area contributed by atoms with Crippen molar-refractivity contribution in [3.8, 4) is 44.8 Å². The SMILES string of the molecule is O=c1c(-c2ccccc2)c2n(-c3cccc(-c4ccccc4)c3)c3ccc(-c4ccc5c(c4)c4ccccc4n5-c4ccccc4)cc3n2c2ccccc12. The zero-order chi connectivity index (χ0) is 36.5. The topological polar surface area (TPSA) is 31.3 Å². The maximum Gasteiger partial charge on any atom is 0.199 e. The van der Waals surface area contributed by atoms with Gasteiger partial charge in [0.05, 0.1) is 33.1 Å². The smallest absolute Gasteiger partial charge is 0.199 e. The molecule has 0 atom stereocenters. The number of nitrogens with zero attached hydrogens (tertiary/aromatic N) is 3. The van der Waals surface area contributed by atoms with Crippen LogP contribution in [0.25, 0.3) is 94.1 Å². The number of imidazole rings is 1. The van der Waals surface area contributed by atoms with E-state index in [0.717, 1.165) is 61.4 Å². The average Bonchev–Trinajstić information content (AvgIpc) is 3.77. The predicted molar refractivity (Wildman–Crippen MR) is 229 cm³/mol. The summed E-state index contributed by atoms with van der Waals surface area (Å²) in [5, 5.41) is 3.11. The minimum atomic E-state index is 0.0190. The number of para-hydroxylation sites is 3. The van der Waals surface area contributed by atoms with Gasteiger partial charge >= 0.3 is 0 Å². The molecule has 0 unspecified atom stereocenters. The highest BCUT2D eigenvalue weighted by atomic mass is 16.1. The monoisotopic (exact) mass is 703 g/mol. The van der Waals surface area contributed by atoms with Gasteiger partial charge in [-0.15, -0.1) is 0 Å². The fraction of sp³-hybridized carbons (Fsp3) is 0. The van der Waals surface area contributed by atoms with E-state index in [4.69, 9.17) is 0 Å². The molecular weight excluding hydrogens is 671 g/mol. The van der Waals surface area contributed by atoms with Crippen LogP contribution in [-0.2, 0) is 0 Å². The van der Waals surface area contributed by atoms with Gasteiger partial charge in [0.15, 0.2) is 5.43 Å². The number of hydrogen-bond acceptors (Lipinski definition) is 1. The Morgan fingerprint density at radius 3 is 1.62 bits per heavy atom. The lowest BCUT2D eigenvalue weighted by molar-refractivity contribution is 1.13. The van der Waals surface area contributed by atoms with Crippen LogP contribution in [0.3, 0.4) is 0 Å². The molecule has 4 nitrogen and oxygen atoms in total. The normalized spacial score (nSPS) is 11.7. The minimum absolute atomic E-state index is 0.0190. The van der Waals surface area contributed by atoms with Gasteiger partial charge in [0, 0.05) is 27.5 Å². The second-order valence-corrected chi connectivity index (χ2v) is 14.1. The zero-order valence-electron chi connectivity index (χ0n) is 29.8. The van der Waals surface area contributed by atoms with Crippen LogP contribution in [-0.4, -0.2) is 13.5 Å². The van der Waals surface area contributed by atoms with Gasteiger partial charge in [-0.25, -0.2) is 0 Å². The standard InChI is InChI=1S/C51H33N3O/c55-50-42-24-11-13-26-45(42)54-48-33-38(37-27-29-46-43(32-37)41-23-10-12-25-44(41)52(46)39-20-8-3-9-21-39)28-30-47(48)53(51(54)49(50)35-17-6-2-7-18-35)40-22-14-19-36(31-40)34-15-4-1-5-16-34/h1-33H. The lowest BCUT2D eigenvalue weighted by Crippen LogP contribution is -2.11. The van der Waals surface area contributed by atoms with Crippen LogP contribution in [0.15, 0.2) is 205 Å². The van der Waals surface area contributed by atoms with Gasteiger partial charge < -0.3 is 4.57 Å². The highest BCUT2D eigenvalue weighted by Gasteiger charge is 2.23. The molecule has 11 rings (SSSR count). The van der Waals surface area contributed by atoms with Crippen LogP contribution < -0.4 is 5.43 Å². The van der Waals surface area contributed by atoms with Crippen LogP contribution in [0, 0.1) is 0 Å². The van der Waals surface area contributed by atoms with Crippen LogP contribution in [0.4, 0.5) is 0 Å². The van der Waals surface area contributed by atoms with Crippen molar-refractivity contribution in [2.24, 2.45) is 0 Å². The van der Waals surface area contributed by atoms with Gasteiger partial charge in [-0.2, -0.15) is 0 Å². The lowest BCUT2D eigenvalue weighted by Gasteiger charge is -2.14. The van der Waals surface area contributed by atoms with Gasteiger partial charge in [0.2, 0.25) is 0 Å². The molecule has 258 valence electrons. The second-order valence-electron chi connectivity index (χ2n) is 14.1. The van der Waals surface area contributed by atoms with Crippen molar-refractivity contribution in [2.45, 2.75) is 0 Å². The first kappa shape index (κ1) is 31.1. The maximum atomic E-state index is 14.7. The largest absolute Gasteiger partial charge is 0.309 e. The van der Waals surface area contributed by atoms with Crippen molar-refractivity contribution < 1.29 is 0 Å². The van der Waals surface area contributed by atoms with E-state index >= 15 is 0 Å². The molecule has 11 aromatic rings. The number of benzene rings is 8. The average molecular weight is 704 g/mol. The van der Waals surface area contributed by atoms with E-state index in [0.29, 0.717) is 10.9 Å². The molecule has 55 heavy (non-hydrogen) atoms. The lowest BCUT2D eigenvalue weighted by atomic mass is 10.0. The molecule has 0 N–H and O–H groups in total. The summed E-state index contributed by atoms with van der Waals surface area (Å²) in [7, 11) is 0. The molecule has 3 heterocycles. The minimum Gasteiger partial charge on any atom is -0.309 e. The Kier molecular flexibility index (Phi) is 6.98. The number of rotatable bonds is 5. The Hall–Kier alpha value is -7.43. The summed E-state index contributed by atoms with van der Waals surface area (Å²) in [6.07, 6.45) is 0. The van der Waals surface area contributed by atoms with Crippen molar-refractivity contribution in [1.82, 2.24) is 13.5 Å². The van der Waals surface area contributed by atoms with Crippen LogP contribution in [0.2, 0.25) is 0 Å². The molecule has 0 aliphatic carbocycles. The number of pyridine rings is 1. The molecule has 0 aliphatic rings. The Balaban J connectivity index is 1.23. The highest BCUT2D eigenvalue weighted by Crippen LogP contribution is 2.39. The molecule has 0 bridgehead atoms. The van der Waals surface area contributed by atoms with Crippen molar-refractivity contribution in [1.29, 1.82) is 0 Å². The molecule has 0 spiro atoms. The van der Waals surface area contributed by atoms with E-state index in [1.807, 2.05) is 54.6 Å². The van der Waals surface area contributed by atoms with Crippen molar-refractivity contribution in [3.63, 3.8) is 0 Å². The third-order valence-electron chi connectivity index (χ3n) is 11.0. The van der Waals surface area contributed by atoms with E-state index in [1.165, 1.54) is 21.8 Å². The maximum absolute atomic E-state index is 14.7. The fourth-order valence-electron chi connectivity index (χ4n) is 8.55. The summed E-state index contributed by atoms with van der Waals surface area (Å²) in [4.78, 5) is 14.7. The van der Waals surface area contributed by atoms with E-state index in [9.17, 15) is 4.79 Å². The Morgan fingerprint density at radius 2 is 0.855 bits per heavy atom.